The first-order valence-corrected chi connectivity index (χ1v) is 9.97. The second-order valence-electron chi connectivity index (χ2n) is 6.13. The van der Waals surface area contributed by atoms with Gasteiger partial charge >= 0.3 is 0 Å². The van der Waals surface area contributed by atoms with Gasteiger partial charge in [0, 0.05) is 10.3 Å². The molecule has 1 aromatic carbocycles. The van der Waals surface area contributed by atoms with Gasteiger partial charge in [0.2, 0.25) is 11.8 Å². The normalized spacial score (nSPS) is 18.5. The summed E-state index contributed by atoms with van der Waals surface area (Å²) in [5.41, 5.74) is 0.124. The maximum atomic E-state index is 12.3. The topological polar surface area (TPSA) is 106 Å². The van der Waals surface area contributed by atoms with Crippen LogP contribution in [0.4, 0.5) is 5.69 Å². The molecule has 0 spiro atoms. The van der Waals surface area contributed by atoms with Crippen LogP contribution in [0.3, 0.4) is 0 Å². The van der Waals surface area contributed by atoms with Gasteiger partial charge < -0.3 is 10.6 Å². The molecule has 2 N–H and O–H groups in total. The summed E-state index contributed by atoms with van der Waals surface area (Å²) in [6.45, 7) is 3.38. The number of hydrogen-bond donors (Lipinski definition) is 2. The fraction of sp³-hybridized carbons (Fsp3) is 0.333. The van der Waals surface area contributed by atoms with Crippen LogP contribution in [0.5, 0.6) is 0 Å². The number of nitrogens with zero attached hydrogens (tertiary/aromatic N) is 2. The van der Waals surface area contributed by atoms with E-state index in [0.717, 1.165) is 22.3 Å². The number of hydrogen-bond acceptors (Lipinski definition) is 6. The van der Waals surface area contributed by atoms with E-state index < -0.39 is 17.2 Å². The maximum absolute atomic E-state index is 12.3. The number of carbonyl (C=O) groups excluding carboxylic acids is 2. The zero-order valence-corrected chi connectivity index (χ0v) is 16.3. The molecule has 2 amide bonds. The number of para-hydroxylation sites is 1. The highest BCUT2D eigenvalue weighted by molar-refractivity contribution is 8.03. The third kappa shape index (κ3) is 4.04. The average molecular weight is 387 g/mol. The number of benzene rings is 1. The molecule has 1 aliphatic rings. The first kappa shape index (κ1) is 19.9. The lowest BCUT2D eigenvalue weighted by atomic mass is 9.72. The number of thioether (sulfide) groups is 2. The lowest BCUT2D eigenvalue weighted by molar-refractivity contribution is -0.125. The monoisotopic (exact) mass is 386 g/mol. The van der Waals surface area contributed by atoms with Gasteiger partial charge in [0.25, 0.3) is 0 Å². The van der Waals surface area contributed by atoms with Crippen LogP contribution in [0.2, 0.25) is 0 Å². The lowest BCUT2D eigenvalue weighted by Gasteiger charge is -2.34. The molecule has 0 saturated carbocycles. The number of allylic oxidation sites excluding steroid dienone is 1. The Morgan fingerprint density at radius 1 is 1.35 bits per heavy atom. The van der Waals surface area contributed by atoms with Crippen molar-refractivity contribution >= 4 is 41.0 Å². The van der Waals surface area contributed by atoms with Crippen LogP contribution in [-0.4, -0.2) is 23.8 Å². The molecule has 1 atom stereocenters. The highest BCUT2D eigenvalue weighted by Gasteiger charge is 2.44. The van der Waals surface area contributed by atoms with E-state index in [2.05, 4.69) is 16.7 Å². The van der Waals surface area contributed by atoms with Crippen molar-refractivity contribution in [2.45, 2.75) is 18.7 Å². The van der Waals surface area contributed by atoms with Gasteiger partial charge in [0.15, 0.2) is 0 Å². The third-order valence-electron chi connectivity index (χ3n) is 4.06. The predicted molar refractivity (Wildman–Crippen MR) is 103 cm³/mol. The molecule has 0 bridgehead atoms. The van der Waals surface area contributed by atoms with Gasteiger partial charge in [-0.2, -0.15) is 10.5 Å². The van der Waals surface area contributed by atoms with Crippen LogP contribution < -0.4 is 10.6 Å². The summed E-state index contributed by atoms with van der Waals surface area (Å²) < 4.78 is 0. The highest BCUT2D eigenvalue weighted by atomic mass is 32.2. The standard InChI is InChI=1S/C18H18N4O2S2/c1-18(2)11(8-19)16(24)22-17(12(18)9-20)26-10-15(23)21-13-6-4-5-7-14(13)25-3/h4-7,11H,10H2,1-3H3,(H,21,23)(H,22,24)/t11-/m0/s1. The van der Waals surface area contributed by atoms with E-state index in [1.165, 1.54) is 11.8 Å². The molecule has 0 unspecified atom stereocenters. The lowest BCUT2D eigenvalue weighted by Crippen LogP contribution is -2.44. The summed E-state index contributed by atoms with van der Waals surface area (Å²) in [6.07, 6.45) is 1.93. The van der Waals surface area contributed by atoms with E-state index in [0.29, 0.717) is 10.6 Å². The summed E-state index contributed by atoms with van der Waals surface area (Å²) in [7, 11) is 0. The van der Waals surface area contributed by atoms with Gasteiger partial charge in [-0.1, -0.05) is 37.7 Å². The first-order valence-electron chi connectivity index (χ1n) is 7.76. The highest BCUT2D eigenvalue weighted by Crippen LogP contribution is 2.41. The van der Waals surface area contributed by atoms with Crippen LogP contribution in [0.25, 0.3) is 0 Å². The summed E-state index contributed by atoms with van der Waals surface area (Å²) >= 11 is 2.62. The minimum absolute atomic E-state index is 0.0385. The van der Waals surface area contributed by atoms with Gasteiger partial charge in [-0.15, -0.1) is 11.8 Å². The molecule has 0 aliphatic carbocycles. The first-order chi connectivity index (χ1) is 12.3. The molecule has 26 heavy (non-hydrogen) atoms. The van der Waals surface area contributed by atoms with Crippen LogP contribution in [0.15, 0.2) is 39.8 Å². The van der Waals surface area contributed by atoms with Gasteiger partial charge in [0.1, 0.15) is 5.92 Å². The van der Waals surface area contributed by atoms with Gasteiger partial charge in [-0.25, -0.2) is 0 Å². The van der Waals surface area contributed by atoms with Crippen molar-refractivity contribution in [1.82, 2.24) is 5.32 Å². The summed E-state index contributed by atoms with van der Waals surface area (Å²) in [4.78, 5) is 25.4. The van der Waals surface area contributed by atoms with Crippen LogP contribution in [-0.2, 0) is 9.59 Å². The molecule has 1 aromatic rings. The molecule has 0 aromatic heterocycles. The fourth-order valence-corrected chi connectivity index (χ4v) is 4.13. The molecule has 0 saturated heterocycles. The van der Waals surface area contributed by atoms with Crippen molar-refractivity contribution < 1.29 is 9.59 Å². The zero-order chi connectivity index (χ0) is 19.3. The van der Waals surface area contributed by atoms with Crippen LogP contribution >= 0.6 is 23.5 Å². The van der Waals surface area contributed by atoms with E-state index >= 15 is 0 Å². The van der Waals surface area contributed by atoms with Gasteiger partial charge in [-0.3, -0.25) is 9.59 Å². The molecule has 1 aliphatic heterocycles. The number of amides is 2. The van der Waals surface area contributed by atoms with Gasteiger partial charge in [-0.05, 0) is 18.4 Å². The number of nitriles is 2. The molecular formula is C18H18N4O2S2. The van der Waals surface area contributed by atoms with E-state index in [1.807, 2.05) is 36.6 Å². The smallest absolute Gasteiger partial charge is 0.243 e. The van der Waals surface area contributed by atoms with Crippen molar-refractivity contribution in [3.05, 3.63) is 34.9 Å². The number of nitrogens with one attached hydrogen (secondary N) is 2. The molecule has 1 heterocycles. The fourth-order valence-electron chi connectivity index (χ4n) is 2.61. The molecule has 134 valence electrons. The zero-order valence-electron chi connectivity index (χ0n) is 14.6. The Labute approximate surface area is 161 Å². The van der Waals surface area contributed by atoms with Crippen molar-refractivity contribution in [2.75, 3.05) is 17.3 Å². The second-order valence-corrected chi connectivity index (χ2v) is 7.96. The van der Waals surface area contributed by atoms with Crippen molar-refractivity contribution in [2.24, 2.45) is 11.3 Å². The van der Waals surface area contributed by atoms with E-state index in [1.54, 1.807) is 13.8 Å². The molecular weight excluding hydrogens is 368 g/mol. The van der Waals surface area contributed by atoms with Crippen LogP contribution in [0.1, 0.15) is 13.8 Å². The molecule has 2 rings (SSSR count). The Balaban J connectivity index is 2.14. The summed E-state index contributed by atoms with van der Waals surface area (Å²) in [6, 6.07) is 11.5. The minimum Gasteiger partial charge on any atom is -0.324 e. The number of carbonyl (C=O) groups is 2. The predicted octanol–water partition coefficient (Wildman–Crippen LogP) is 3.11. The minimum atomic E-state index is -0.941. The Bertz CT molecular complexity index is 849. The van der Waals surface area contributed by atoms with E-state index in [4.69, 9.17) is 0 Å². The molecule has 0 fully saturated rings. The Kier molecular flexibility index (Phi) is 6.36. The SMILES string of the molecule is CSc1ccccc1NC(=O)CSC1=C(C#N)C(C)(C)[C@@H](C#N)C(=O)N1. The largest absolute Gasteiger partial charge is 0.324 e. The second kappa shape index (κ2) is 8.31. The van der Waals surface area contributed by atoms with E-state index in [9.17, 15) is 20.1 Å². The van der Waals surface area contributed by atoms with E-state index in [-0.39, 0.29) is 11.7 Å². The molecule has 8 heteroatoms. The average Bonchev–Trinajstić information content (AvgIpc) is 2.60. The summed E-state index contributed by atoms with van der Waals surface area (Å²) in [5, 5.41) is 24.5. The van der Waals surface area contributed by atoms with Crippen LogP contribution in [0, 0.1) is 34.0 Å². The summed E-state index contributed by atoms with van der Waals surface area (Å²) in [5.74, 6) is -1.59. The van der Waals surface area contributed by atoms with Crippen molar-refractivity contribution in [3.8, 4) is 12.1 Å². The quantitative estimate of drug-likeness (QED) is 0.753. The van der Waals surface area contributed by atoms with Gasteiger partial charge in [0.05, 0.1) is 34.2 Å². The van der Waals surface area contributed by atoms with Crippen molar-refractivity contribution in [1.29, 1.82) is 10.5 Å². The van der Waals surface area contributed by atoms with Crippen molar-refractivity contribution in [3.63, 3.8) is 0 Å². The Hall–Kier alpha value is -2.42. The maximum Gasteiger partial charge on any atom is 0.243 e. The molecule has 0 radical (unpaired) electrons. The number of anilines is 1. The molecule has 6 nitrogen and oxygen atoms in total. The number of rotatable bonds is 5. The third-order valence-corrected chi connectivity index (χ3v) is 5.86. The Morgan fingerprint density at radius 3 is 2.65 bits per heavy atom. The Morgan fingerprint density at radius 2 is 2.04 bits per heavy atom.